The minimum absolute atomic E-state index is 0.0462. The van der Waals surface area contributed by atoms with E-state index in [-0.39, 0.29) is 10.9 Å². The molecule has 0 aliphatic rings. The molecule has 3 aromatic heterocycles. The van der Waals surface area contributed by atoms with Crippen molar-refractivity contribution in [3.05, 3.63) is 65.1 Å². The van der Waals surface area contributed by atoms with Crippen LogP contribution in [0.4, 0.5) is 26.0 Å². The first-order valence-electron chi connectivity index (χ1n) is 7.96. The van der Waals surface area contributed by atoms with Gasteiger partial charge < -0.3 is 15.5 Å². The lowest BCUT2D eigenvalue weighted by Gasteiger charge is -2.07. The van der Waals surface area contributed by atoms with Gasteiger partial charge in [-0.3, -0.25) is 4.98 Å². The molecule has 4 aromatic rings. The van der Waals surface area contributed by atoms with Crippen molar-refractivity contribution in [1.82, 2.24) is 9.97 Å². The first kappa shape index (κ1) is 17.2. The Kier molecular flexibility index (Phi) is 4.16. The second-order valence-electron chi connectivity index (χ2n) is 5.95. The Labute approximate surface area is 157 Å². The molecule has 0 fully saturated rings. The molecule has 0 bridgehead atoms. The number of nitrogens with zero attached hydrogens (tertiary/aromatic N) is 2. The summed E-state index contributed by atoms with van der Waals surface area (Å²) in [5.41, 5.74) is 8.87. The molecule has 5 nitrogen and oxygen atoms in total. The number of pyridine rings is 2. The van der Waals surface area contributed by atoms with E-state index in [1.165, 1.54) is 24.3 Å². The maximum Gasteiger partial charge on any atom is 0.215 e. The van der Waals surface area contributed by atoms with E-state index in [9.17, 15) is 8.78 Å². The van der Waals surface area contributed by atoms with Gasteiger partial charge in [0.05, 0.1) is 10.4 Å². The summed E-state index contributed by atoms with van der Waals surface area (Å²) < 4.78 is 33.3. The molecule has 0 amide bonds. The third kappa shape index (κ3) is 3.17. The predicted octanol–water partition coefficient (Wildman–Crippen LogP) is 5.46. The Bertz CT molecular complexity index is 1180. The van der Waals surface area contributed by atoms with Gasteiger partial charge in [0.15, 0.2) is 5.58 Å². The highest BCUT2D eigenvalue weighted by Crippen LogP contribution is 2.40. The van der Waals surface area contributed by atoms with Crippen molar-refractivity contribution in [2.45, 2.75) is 6.92 Å². The molecule has 0 aliphatic heterocycles. The van der Waals surface area contributed by atoms with Gasteiger partial charge in [-0.1, -0.05) is 11.6 Å². The number of anilines is 3. The normalized spacial score (nSPS) is 11.1. The zero-order chi connectivity index (χ0) is 19.1. The fourth-order valence-corrected chi connectivity index (χ4v) is 3.00. The van der Waals surface area contributed by atoms with Crippen LogP contribution in [-0.4, -0.2) is 9.97 Å². The van der Waals surface area contributed by atoms with Crippen LogP contribution >= 0.6 is 11.6 Å². The molecule has 1 aromatic carbocycles. The zero-order valence-corrected chi connectivity index (χ0v) is 14.8. The number of aryl methyl sites for hydroxylation is 1. The van der Waals surface area contributed by atoms with Gasteiger partial charge in [-0.05, 0) is 37.3 Å². The quantitative estimate of drug-likeness (QED) is 0.457. The standard InChI is InChI=1S/C19H13ClF2N4O/c1-9-6-10(4-5-24-9)16-18-12(8-15(22)26-16)17(19(23)27-18)25-11-2-3-14(21)13(20)7-11/h2-8,25H,23H2,1H3. The summed E-state index contributed by atoms with van der Waals surface area (Å²) in [6, 6.07) is 8.81. The van der Waals surface area contributed by atoms with Gasteiger partial charge in [0, 0.05) is 29.2 Å². The molecule has 8 heteroatoms. The monoisotopic (exact) mass is 386 g/mol. The molecule has 0 saturated carbocycles. The number of hydrogen-bond acceptors (Lipinski definition) is 5. The van der Waals surface area contributed by atoms with E-state index < -0.39 is 11.8 Å². The minimum Gasteiger partial charge on any atom is -0.436 e. The second kappa shape index (κ2) is 6.51. The lowest BCUT2D eigenvalue weighted by atomic mass is 10.1. The molecule has 4 rings (SSSR count). The number of nitrogens with two attached hydrogens (primary N) is 1. The van der Waals surface area contributed by atoms with Crippen molar-refractivity contribution in [1.29, 1.82) is 0 Å². The third-order valence-corrected chi connectivity index (χ3v) is 4.32. The van der Waals surface area contributed by atoms with Gasteiger partial charge in [-0.2, -0.15) is 4.39 Å². The summed E-state index contributed by atoms with van der Waals surface area (Å²) in [6.45, 7) is 1.82. The molecule has 3 heterocycles. The number of rotatable bonds is 3. The van der Waals surface area contributed by atoms with E-state index in [1.54, 1.807) is 18.3 Å². The first-order valence-corrected chi connectivity index (χ1v) is 8.34. The van der Waals surface area contributed by atoms with E-state index in [4.69, 9.17) is 21.8 Å². The van der Waals surface area contributed by atoms with Crippen LogP contribution in [0.5, 0.6) is 0 Å². The van der Waals surface area contributed by atoms with Gasteiger partial charge in [0.25, 0.3) is 0 Å². The number of benzene rings is 1. The molecule has 0 spiro atoms. The molecule has 0 saturated heterocycles. The molecule has 0 radical (unpaired) electrons. The largest absolute Gasteiger partial charge is 0.436 e. The van der Waals surface area contributed by atoms with Crippen molar-refractivity contribution in [3.63, 3.8) is 0 Å². The fourth-order valence-electron chi connectivity index (χ4n) is 2.82. The lowest BCUT2D eigenvalue weighted by molar-refractivity contribution is 0.582. The summed E-state index contributed by atoms with van der Waals surface area (Å²) in [7, 11) is 0. The number of nitrogen functional groups attached to an aromatic ring is 1. The van der Waals surface area contributed by atoms with E-state index in [0.29, 0.717) is 33.6 Å². The molecule has 0 aliphatic carbocycles. The maximum atomic E-state index is 14.2. The van der Waals surface area contributed by atoms with Crippen molar-refractivity contribution in [2.75, 3.05) is 11.1 Å². The van der Waals surface area contributed by atoms with E-state index >= 15 is 0 Å². The number of fused-ring (bicyclic) bond motifs is 1. The van der Waals surface area contributed by atoms with Gasteiger partial charge in [0.2, 0.25) is 11.8 Å². The van der Waals surface area contributed by atoms with Crippen LogP contribution in [0.3, 0.4) is 0 Å². The minimum atomic E-state index is -0.687. The van der Waals surface area contributed by atoms with Crippen LogP contribution in [0, 0.1) is 18.7 Å². The van der Waals surface area contributed by atoms with Crippen LogP contribution in [-0.2, 0) is 0 Å². The number of halogens is 3. The SMILES string of the molecule is Cc1cc(-c2nc(F)cc3c(Nc4ccc(F)c(Cl)c4)c(N)oc23)ccn1. The number of nitrogens with one attached hydrogen (secondary N) is 1. The van der Waals surface area contributed by atoms with Crippen LogP contribution in [0.2, 0.25) is 5.02 Å². The average Bonchev–Trinajstić information content (AvgIpc) is 2.93. The summed E-state index contributed by atoms with van der Waals surface area (Å²) in [6.07, 6.45) is 1.61. The lowest BCUT2D eigenvalue weighted by Crippen LogP contribution is -1.95. The van der Waals surface area contributed by atoms with Crippen LogP contribution < -0.4 is 11.1 Å². The average molecular weight is 387 g/mol. The Morgan fingerprint density at radius 2 is 1.96 bits per heavy atom. The Hall–Kier alpha value is -3.19. The van der Waals surface area contributed by atoms with E-state index in [2.05, 4.69) is 15.3 Å². The molecule has 136 valence electrons. The van der Waals surface area contributed by atoms with Gasteiger partial charge in [-0.25, -0.2) is 9.37 Å². The van der Waals surface area contributed by atoms with Crippen molar-refractivity contribution in [2.24, 2.45) is 0 Å². The van der Waals surface area contributed by atoms with Gasteiger partial charge in [0.1, 0.15) is 17.2 Å². The summed E-state index contributed by atoms with van der Waals surface area (Å²) in [4.78, 5) is 8.09. The molecule has 3 N–H and O–H groups in total. The Morgan fingerprint density at radius 1 is 1.15 bits per heavy atom. The van der Waals surface area contributed by atoms with Crippen LogP contribution in [0.1, 0.15) is 5.69 Å². The molecule has 0 atom stereocenters. The highest BCUT2D eigenvalue weighted by atomic mass is 35.5. The topological polar surface area (TPSA) is 77.0 Å². The van der Waals surface area contributed by atoms with Crippen molar-refractivity contribution < 1.29 is 13.2 Å². The van der Waals surface area contributed by atoms with Crippen LogP contribution in [0.25, 0.3) is 22.2 Å². The summed E-state index contributed by atoms with van der Waals surface area (Å²) >= 11 is 5.81. The van der Waals surface area contributed by atoms with Crippen LogP contribution in [0.15, 0.2) is 47.0 Å². The predicted molar refractivity (Wildman–Crippen MR) is 101 cm³/mol. The van der Waals surface area contributed by atoms with Gasteiger partial charge >= 0.3 is 0 Å². The number of hydrogen-bond donors (Lipinski definition) is 2. The third-order valence-electron chi connectivity index (χ3n) is 4.03. The number of furan rings is 1. The van der Waals surface area contributed by atoms with Crippen molar-refractivity contribution in [3.8, 4) is 11.3 Å². The first-order chi connectivity index (χ1) is 12.9. The highest BCUT2D eigenvalue weighted by molar-refractivity contribution is 6.31. The van der Waals surface area contributed by atoms with Crippen molar-refractivity contribution >= 4 is 39.8 Å². The highest BCUT2D eigenvalue weighted by Gasteiger charge is 2.19. The fraction of sp³-hybridized carbons (Fsp3) is 0.0526. The zero-order valence-electron chi connectivity index (χ0n) is 14.1. The molecule has 0 unspecified atom stereocenters. The second-order valence-corrected chi connectivity index (χ2v) is 6.36. The Balaban J connectivity index is 1.88. The molecular weight excluding hydrogens is 374 g/mol. The number of aromatic nitrogens is 2. The molecular formula is C19H13ClF2N4O. The van der Waals surface area contributed by atoms with E-state index in [1.807, 2.05) is 6.92 Å². The Morgan fingerprint density at radius 3 is 2.70 bits per heavy atom. The summed E-state index contributed by atoms with van der Waals surface area (Å²) in [5.74, 6) is -1.18. The summed E-state index contributed by atoms with van der Waals surface area (Å²) in [5, 5.41) is 3.36. The maximum absolute atomic E-state index is 14.2. The van der Waals surface area contributed by atoms with Gasteiger partial charge in [-0.15, -0.1) is 0 Å². The molecule has 27 heavy (non-hydrogen) atoms. The van der Waals surface area contributed by atoms with E-state index in [0.717, 1.165) is 5.69 Å². The smallest absolute Gasteiger partial charge is 0.215 e.